The van der Waals surface area contributed by atoms with Crippen LogP contribution in [0.1, 0.15) is 46.2 Å². The number of hydrogen-bond donors (Lipinski definition) is 0. The highest BCUT2D eigenvalue weighted by molar-refractivity contribution is 7.20. The summed E-state index contributed by atoms with van der Waals surface area (Å²) in [4.78, 5) is 10.8. The topological polar surface area (TPSA) is 45.9 Å². The van der Waals surface area contributed by atoms with E-state index < -0.39 is 0 Å². The predicted molar refractivity (Wildman–Crippen MR) is 102 cm³/mol. The number of morpholine rings is 1. The summed E-state index contributed by atoms with van der Waals surface area (Å²) in [5.74, 6) is 0. The zero-order valence-electron chi connectivity index (χ0n) is 15.7. The Labute approximate surface area is 153 Å². The Hall–Kier alpha value is -1.18. The van der Waals surface area contributed by atoms with Gasteiger partial charge in [0.05, 0.1) is 24.6 Å². The fourth-order valence-corrected chi connectivity index (χ4v) is 4.71. The van der Waals surface area contributed by atoms with Gasteiger partial charge in [-0.05, 0) is 19.8 Å². The van der Waals surface area contributed by atoms with Crippen molar-refractivity contribution in [3.05, 3.63) is 11.9 Å². The van der Waals surface area contributed by atoms with Crippen LogP contribution in [-0.2, 0) is 10.2 Å². The van der Waals surface area contributed by atoms with Crippen LogP contribution in [0.2, 0.25) is 0 Å². The molecule has 2 saturated heterocycles. The lowest BCUT2D eigenvalue weighted by molar-refractivity contribution is -0.0373. The fourth-order valence-electron chi connectivity index (χ4n) is 3.78. The van der Waals surface area contributed by atoms with Crippen molar-refractivity contribution in [2.75, 3.05) is 37.7 Å². The van der Waals surface area contributed by atoms with E-state index in [4.69, 9.17) is 14.8 Å². The minimum absolute atomic E-state index is 0.0707. The summed E-state index contributed by atoms with van der Waals surface area (Å²) in [6.07, 6.45) is 4.87. The SMILES string of the molecule is CC1CN(C2CCN(c3nn4cc(C(C)(C)C)nc4s3)CC2)CCO1. The minimum Gasteiger partial charge on any atom is -0.376 e. The maximum atomic E-state index is 5.68. The smallest absolute Gasteiger partial charge is 0.214 e. The lowest BCUT2D eigenvalue weighted by Crippen LogP contribution is -2.51. The summed E-state index contributed by atoms with van der Waals surface area (Å²) < 4.78 is 7.63. The van der Waals surface area contributed by atoms with Gasteiger partial charge in [-0.2, -0.15) is 0 Å². The van der Waals surface area contributed by atoms with Crippen molar-refractivity contribution < 1.29 is 4.74 Å². The van der Waals surface area contributed by atoms with Crippen molar-refractivity contribution in [1.82, 2.24) is 19.5 Å². The number of nitrogens with zero attached hydrogens (tertiary/aromatic N) is 5. The molecule has 2 aliphatic rings. The molecule has 0 aromatic carbocycles. The lowest BCUT2D eigenvalue weighted by Gasteiger charge is -2.41. The lowest BCUT2D eigenvalue weighted by atomic mass is 9.93. The molecule has 2 fully saturated rings. The van der Waals surface area contributed by atoms with Gasteiger partial charge in [0.15, 0.2) is 0 Å². The maximum Gasteiger partial charge on any atom is 0.214 e. The van der Waals surface area contributed by atoms with E-state index in [1.54, 1.807) is 11.3 Å². The Morgan fingerprint density at radius 2 is 1.96 bits per heavy atom. The number of ether oxygens (including phenoxy) is 1. The number of piperidine rings is 1. The molecule has 0 aliphatic carbocycles. The number of anilines is 1. The molecule has 0 bridgehead atoms. The number of hydrogen-bond acceptors (Lipinski definition) is 6. The zero-order valence-corrected chi connectivity index (χ0v) is 16.6. The average Bonchev–Trinajstić information content (AvgIpc) is 3.13. The third-order valence-corrected chi connectivity index (χ3v) is 6.31. The molecule has 138 valence electrons. The molecule has 7 heteroatoms. The summed E-state index contributed by atoms with van der Waals surface area (Å²) in [7, 11) is 0. The van der Waals surface area contributed by atoms with Gasteiger partial charge in [-0.25, -0.2) is 9.50 Å². The van der Waals surface area contributed by atoms with E-state index in [-0.39, 0.29) is 5.41 Å². The Morgan fingerprint density at radius 1 is 1.20 bits per heavy atom. The van der Waals surface area contributed by atoms with Gasteiger partial charge in [0.25, 0.3) is 0 Å². The molecule has 6 nitrogen and oxygen atoms in total. The van der Waals surface area contributed by atoms with Crippen LogP contribution < -0.4 is 4.90 Å². The predicted octanol–water partition coefficient (Wildman–Crippen LogP) is 2.78. The molecule has 0 amide bonds. The van der Waals surface area contributed by atoms with Gasteiger partial charge in [-0.1, -0.05) is 32.1 Å². The first-order chi connectivity index (χ1) is 11.9. The number of imidazole rings is 1. The molecule has 2 aromatic rings. The van der Waals surface area contributed by atoms with Crippen LogP contribution in [-0.4, -0.2) is 64.4 Å². The molecule has 0 saturated carbocycles. The molecule has 1 unspecified atom stereocenters. The molecule has 4 rings (SSSR count). The van der Waals surface area contributed by atoms with Gasteiger partial charge < -0.3 is 9.64 Å². The second kappa shape index (κ2) is 6.52. The van der Waals surface area contributed by atoms with Crippen molar-refractivity contribution in [1.29, 1.82) is 0 Å². The maximum absolute atomic E-state index is 5.68. The van der Waals surface area contributed by atoms with Crippen molar-refractivity contribution in [3.8, 4) is 0 Å². The highest BCUT2D eigenvalue weighted by atomic mass is 32.1. The van der Waals surface area contributed by atoms with Crippen LogP contribution in [0.15, 0.2) is 6.20 Å². The summed E-state index contributed by atoms with van der Waals surface area (Å²) in [6.45, 7) is 14.0. The monoisotopic (exact) mass is 363 g/mol. The van der Waals surface area contributed by atoms with E-state index >= 15 is 0 Å². The summed E-state index contributed by atoms with van der Waals surface area (Å²) >= 11 is 1.71. The molecule has 4 heterocycles. The first-order valence-electron chi connectivity index (χ1n) is 9.37. The van der Waals surface area contributed by atoms with E-state index in [0.717, 1.165) is 48.6 Å². The van der Waals surface area contributed by atoms with E-state index in [0.29, 0.717) is 12.1 Å². The van der Waals surface area contributed by atoms with Crippen molar-refractivity contribution in [3.63, 3.8) is 0 Å². The quantitative estimate of drug-likeness (QED) is 0.821. The molecule has 0 radical (unpaired) electrons. The first-order valence-corrected chi connectivity index (χ1v) is 10.2. The molecule has 2 aliphatic heterocycles. The van der Waals surface area contributed by atoms with E-state index in [1.807, 2.05) is 4.52 Å². The van der Waals surface area contributed by atoms with Gasteiger partial charge in [0.1, 0.15) is 0 Å². The zero-order chi connectivity index (χ0) is 17.6. The molecular formula is C18H29N5OS. The average molecular weight is 364 g/mol. The molecule has 1 atom stereocenters. The first kappa shape index (κ1) is 17.2. The fraction of sp³-hybridized carbons (Fsp3) is 0.778. The number of aromatic nitrogens is 3. The highest BCUT2D eigenvalue weighted by Crippen LogP contribution is 2.30. The van der Waals surface area contributed by atoms with Gasteiger partial charge in [-0.15, -0.1) is 5.10 Å². The van der Waals surface area contributed by atoms with Crippen molar-refractivity contribution in [2.24, 2.45) is 0 Å². The third kappa shape index (κ3) is 3.55. The number of rotatable bonds is 2. The molecule has 0 spiro atoms. The second-order valence-electron chi connectivity index (χ2n) is 8.38. The molecule has 2 aromatic heterocycles. The van der Waals surface area contributed by atoms with E-state index in [1.165, 1.54) is 12.8 Å². The van der Waals surface area contributed by atoms with Crippen LogP contribution in [0.5, 0.6) is 0 Å². The Morgan fingerprint density at radius 3 is 2.60 bits per heavy atom. The standard InChI is InChI=1S/C18H29N5OS/c1-13-11-22(9-10-24-13)14-5-7-21(8-6-14)17-20-23-12-15(18(2,3)4)19-16(23)25-17/h12-14H,5-11H2,1-4H3. The Balaban J connectivity index is 1.40. The minimum atomic E-state index is 0.0707. The third-order valence-electron chi connectivity index (χ3n) is 5.32. The summed E-state index contributed by atoms with van der Waals surface area (Å²) in [5.41, 5.74) is 1.18. The van der Waals surface area contributed by atoms with Gasteiger partial charge >= 0.3 is 0 Å². The second-order valence-corrected chi connectivity index (χ2v) is 9.32. The van der Waals surface area contributed by atoms with Crippen LogP contribution in [0.4, 0.5) is 5.13 Å². The largest absolute Gasteiger partial charge is 0.376 e. The van der Waals surface area contributed by atoms with Gasteiger partial charge in [-0.3, -0.25) is 4.90 Å². The van der Waals surface area contributed by atoms with Crippen LogP contribution in [0, 0.1) is 0 Å². The molecule has 0 N–H and O–H groups in total. The van der Waals surface area contributed by atoms with Crippen LogP contribution >= 0.6 is 11.3 Å². The van der Waals surface area contributed by atoms with Gasteiger partial charge in [0.2, 0.25) is 10.1 Å². The van der Waals surface area contributed by atoms with Crippen LogP contribution in [0.25, 0.3) is 4.96 Å². The van der Waals surface area contributed by atoms with Crippen molar-refractivity contribution >= 4 is 21.4 Å². The van der Waals surface area contributed by atoms with Crippen molar-refractivity contribution in [2.45, 2.75) is 58.1 Å². The number of fused-ring (bicyclic) bond motifs is 1. The molecule has 25 heavy (non-hydrogen) atoms. The van der Waals surface area contributed by atoms with Crippen LogP contribution in [0.3, 0.4) is 0 Å². The Kier molecular flexibility index (Phi) is 4.50. The Bertz CT molecular complexity index is 694. The molecular weight excluding hydrogens is 334 g/mol. The summed E-state index contributed by atoms with van der Waals surface area (Å²) in [5, 5.41) is 5.89. The highest BCUT2D eigenvalue weighted by Gasteiger charge is 2.29. The normalized spacial score (nSPS) is 24.3. The van der Waals surface area contributed by atoms with E-state index in [2.05, 4.69) is 43.7 Å². The summed E-state index contributed by atoms with van der Waals surface area (Å²) in [6, 6.07) is 0.694. The van der Waals surface area contributed by atoms with Gasteiger partial charge in [0, 0.05) is 37.6 Å². The van der Waals surface area contributed by atoms with E-state index in [9.17, 15) is 0 Å².